The molecular formula is C16H22Cl2F3N5O2. The molecule has 3 rings (SSSR count). The van der Waals surface area contributed by atoms with E-state index in [9.17, 15) is 18.0 Å². The number of anilines is 1. The molecular weight excluding hydrogens is 422 g/mol. The predicted molar refractivity (Wildman–Crippen MR) is 104 cm³/mol. The van der Waals surface area contributed by atoms with Crippen LogP contribution in [0.15, 0.2) is 27.4 Å². The Morgan fingerprint density at radius 2 is 2.11 bits per heavy atom. The van der Waals surface area contributed by atoms with E-state index >= 15 is 0 Å². The largest absolute Gasteiger partial charge is 0.434 e. The van der Waals surface area contributed by atoms with Gasteiger partial charge in [-0.25, -0.2) is 9.89 Å². The summed E-state index contributed by atoms with van der Waals surface area (Å²) in [5, 5.41) is 8.57. The lowest BCUT2D eigenvalue weighted by Gasteiger charge is -2.30. The number of benzene rings is 1. The molecule has 2 heterocycles. The van der Waals surface area contributed by atoms with Crippen molar-refractivity contribution in [2.45, 2.75) is 25.1 Å². The Balaban J connectivity index is 0.00000196. The standard InChI is InChI=1S/C16H20F3N5O2.2ClH/c17-16(18,19)12-4-3-10(14-22-23-15(25)26-14)8-13(12)21-5-7-24-6-1-2-11(20)9-24;;/h3-4,8,11,21H,1-2,5-7,9,20H2,(H,23,25);2*1H/t11-;;/m0../s1. The summed E-state index contributed by atoms with van der Waals surface area (Å²) in [5.74, 6) is -0.829. The Bertz CT molecular complexity index is 812. The molecule has 0 unspecified atom stereocenters. The molecule has 1 saturated heterocycles. The van der Waals surface area contributed by atoms with E-state index in [1.54, 1.807) is 0 Å². The van der Waals surface area contributed by atoms with Crippen molar-refractivity contribution < 1.29 is 17.6 Å². The lowest BCUT2D eigenvalue weighted by molar-refractivity contribution is -0.136. The number of hydrogen-bond donors (Lipinski definition) is 3. The minimum Gasteiger partial charge on any atom is -0.388 e. The SMILES string of the molecule is Cl.Cl.N[C@H]1CCCN(CCNc2cc(-c3n[nH]c(=O)o3)ccc2C(F)(F)F)C1. The third kappa shape index (κ3) is 6.13. The number of halogens is 5. The molecule has 28 heavy (non-hydrogen) atoms. The Labute approximate surface area is 171 Å². The second kappa shape index (κ2) is 10.1. The minimum atomic E-state index is -4.50. The van der Waals surface area contributed by atoms with E-state index in [1.807, 2.05) is 0 Å². The van der Waals surface area contributed by atoms with Crippen molar-refractivity contribution in [1.82, 2.24) is 15.1 Å². The smallest absolute Gasteiger partial charge is 0.388 e. The van der Waals surface area contributed by atoms with E-state index in [-0.39, 0.29) is 48.0 Å². The van der Waals surface area contributed by atoms with Crippen LogP contribution in [0.5, 0.6) is 0 Å². The third-order valence-corrected chi connectivity index (χ3v) is 4.30. The highest BCUT2D eigenvalue weighted by molar-refractivity contribution is 5.85. The fourth-order valence-corrected chi connectivity index (χ4v) is 3.07. The molecule has 1 fully saturated rings. The number of aromatic nitrogens is 2. The quantitative estimate of drug-likeness (QED) is 0.656. The maximum Gasteiger partial charge on any atom is 0.434 e. The van der Waals surface area contributed by atoms with Gasteiger partial charge >= 0.3 is 11.9 Å². The molecule has 1 atom stereocenters. The highest BCUT2D eigenvalue weighted by atomic mass is 35.5. The van der Waals surface area contributed by atoms with Crippen molar-refractivity contribution in [2.24, 2.45) is 5.73 Å². The third-order valence-electron chi connectivity index (χ3n) is 4.30. The minimum absolute atomic E-state index is 0. The zero-order valence-electron chi connectivity index (χ0n) is 14.8. The number of nitrogens with one attached hydrogen (secondary N) is 2. The van der Waals surface area contributed by atoms with Gasteiger partial charge < -0.3 is 20.4 Å². The van der Waals surface area contributed by atoms with Crippen molar-refractivity contribution >= 4 is 30.5 Å². The molecule has 1 aromatic heterocycles. The fraction of sp³-hybridized carbons (Fsp3) is 0.500. The molecule has 0 aliphatic carbocycles. The number of piperidine rings is 1. The molecule has 2 aromatic rings. The van der Waals surface area contributed by atoms with Crippen LogP contribution in [0, 0.1) is 0 Å². The van der Waals surface area contributed by atoms with Crippen LogP contribution < -0.4 is 16.8 Å². The number of nitrogens with zero attached hydrogens (tertiary/aromatic N) is 2. The van der Waals surface area contributed by atoms with Gasteiger partial charge in [-0.2, -0.15) is 13.2 Å². The topological polar surface area (TPSA) is 100 Å². The normalized spacial score (nSPS) is 17.5. The number of H-pyrrole nitrogens is 1. The van der Waals surface area contributed by atoms with E-state index in [4.69, 9.17) is 10.2 Å². The van der Waals surface area contributed by atoms with Crippen LogP contribution in [0.25, 0.3) is 11.5 Å². The number of hydrogen-bond acceptors (Lipinski definition) is 6. The highest BCUT2D eigenvalue weighted by Crippen LogP contribution is 2.36. The van der Waals surface area contributed by atoms with Gasteiger partial charge in [0.25, 0.3) is 0 Å². The molecule has 4 N–H and O–H groups in total. The Kier molecular flexibility index (Phi) is 8.80. The van der Waals surface area contributed by atoms with Gasteiger partial charge in [0.05, 0.1) is 5.56 Å². The second-order valence-corrected chi connectivity index (χ2v) is 6.31. The Morgan fingerprint density at radius 3 is 2.71 bits per heavy atom. The van der Waals surface area contributed by atoms with Gasteiger partial charge in [0.2, 0.25) is 5.89 Å². The van der Waals surface area contributed by atoms with Crippen molar-refractivity contribution in [1.29, 1.82) is 0 Å². The number of nitrogens with two attached hydrogens (primary N) is 1. The zero-order chi connectivity index (χ0) is 18.7. The summed E-state index contributed by atoms with van der Waals surface area (Å²) in [5.41, 5.74) is 5.33. The van der Waals surface area contributed by atoms with Gasteiger partial charge in [-0.3, -0.25) is 0 Å². The maximum atomic E-state index is 13.3. The van der Waals surface area contributed by atoms with Crippen LogP contribution in [0.4, 0.5) is 18.9 Å². The van der Waals surface area contributed by atoms with E-state index in [0.29, 0.717) is 13.1 Å². The van der Waals surface area contributed by atoms with Crippen molar-refractivity contribution in [2.75, 3.05) is 31.5 Å². The molecule has 7 nitrogen and oxygen atoms in total. The summed E-state index contributed by atoms with van der Waals surface area (Å²) in [6, 6.07) is 3.56. The van der Waals surface area contributed by atoms with Gasteiger partial charge in [-0.1, -0.05) is 0 Å². The van der Waals surface area contributed by atoms with E-state index in [1.165, 1.54) is 12.1 Å². The first-order valence-corrected chi connectivity index (χ1v) is 8.32. The Morgan fingerprint density at radius 1 is 1.36 bits per heavy atom. The summed E-state index contributed by atoms with van der Waals surface area (Å²) in [6.45, 7) is 2.56. The molecule has 1 aromatic carbocycles. The van der Waals surface area contributed by atoms with Crippen molar-refractivity contribution in [3.05, 3.63) is 34.3 Å². The first-order chi connectivity index (χ1) is 12.3. The number of aromatic amines is 1. The van der Waals surface area contributed by atoms with Crippen molar-refractivity contribution in [3.63, 3.8) is 0 Å². The van der Waals surface area contributed by atoms with Crippen LogP contribution in [0.2, 0.25) is 0 Å². The van der Waals surface area contributed by atoms with Gasteiger partial charge in [-0.05, 0) is 37.6 Å². The zero-order valence-corrected chi connectivity index (χ0v) is 16.4. The molecule has 158 valence electrons. The van der Waals surface area contributed by atoms with Gasteiger partial charge in [0, 0.05) is 36.9 Å². The first-order valence-electron chi connectivity index (χ1n) is 8.32. The van der Waals surface area contributed by atoms with Crippen molar-refractivity contribution in [3.8, 4) is 11.5 Å². The molecule has 1 aliphatic heterocycles. The second-order valence-electron chi connectivity index (χ2n) is 6.31. The fourth-order valence-electron chi connectivity index (χ4n) is 3.07. The molecule has 0 amide bonds. The summed E-state index contributed by atoms with van der Waals surface area (Å²) >= 11 is 0. The van der Waals surface area contributed by atoms with Crippen LogP contribution in [-0.4, -0.2) is 47.3 Å². The molecule has 12 heteroatoms. The van der Waals surface area contributed by atoms with Gasteiger partial charge in [0.1, 0.15) is 0 Å². The lowest BCUT2D eigenvalue weighted by atomic mass is 10.1. The maximum absolute atomic E-state index is 13.3. The predicted octanol–water partition coefficient (Wildman–Crippen LogP) is 2.73. The van der Waals surface area contributed by atoms with E-state index in [0.717, 1.165) is 32.0 Å². The lowest BCUT2D eigenvalue weighted by Crippen LogP contribution is -2.44. The number of likely N-dealkylation sites (tertiary alicyclic amines) is 1. The summed E-state index contributed by atoms with van der Waals surface area (Å²) in [6.07, 6.45) is -2.54. The first kappa shape index (κ1) is 24.3. The van der Waals surface area contributed by atoms with Crippen LogP contribution in [-0.2, 0) is 6.18 Å². The van der Waals surface area contributed by atoms with Crippen LogP contribution in [0.3, 0.4) is 0 Å². The van der Waals surface area contributed by atoms with Gasteiger partial charge in [0.15, 0.2) is 0 Å². The molecule has 0 saturated carbocycles. The summed E-state index contributed by atoms with van der Waals surface area (Å²) in [7, 11) is 0. The Hall–Kier alpha value is -1.75. The average molecular weight is 444 g/mol. The van der Waals surface area contributed by atoms with E-state index in [2.05, 4.69) is 20.4 Å². The van der Waals surface area contributed by atoms with Gasteiger partial charge in [-0.15, -0.1) is 29.9 Å². The molecule has 0 spiro atoms. The molecule has 0 bridgehead atoms. The van der Waals surface area contributed by atoms with Crippen LogP contribution >= 0.6 is 24.8 Å². The number of rotatable bonds is 5. The highest BCUT2D eigenvalue weighted by Gasteiger charge is 2.33. The summed E-state index contributed by atoms with van der Waals surface area (Å²) in [4.78, 5) is 13.2. The van der Waals surface area contributed by atoms with E-state index < -0.39 is 17.5 Å². The van der Waals surface area contributed by atoms with Crippen LogP contribution in [0.1, 0.15) is 18.4 Å². The monoisotopic (exact) mass is 443 g/mol. The molecule has 1 aliphatic rings. The molecule has 0 radical (unpaired) electrons. The average Bonchev–Trinajstić information content (AvgIpc) is 3.00. The number of alkyl halides is 3. The summed E-state index contributed by atoms with van der Waals surface area (Å²) < 4.78 is 44.6.